The summed E-state index contributed by atoms with van der Waals surface area (Å²) in [5, 5.41) is 9.37. The van der Waals surface area contributed by atoms with Crippen molar-refractivity contribution >= 4 is 57.8 Å². The van der Waals surface area contributed by atoms with Gasteiger partial charge in [-0.2, -0.15) is 0 Å². The first kappa shape index (κ1) is 22.5. The molecule has 0 saturated heterocycles. The Morgan fingerprint density at radius 2 is 1.42 bits per heavy atom. The van der Waals surface area contributed by atoms with E-state index >= 15 is 0 Å². The number of para-hydroxylation sites is 1. The fraction of sp³-hybridized carbons (Fsp3) is 0.125. The van der Waals surface area contributed by atoms with Crippen LogP contribution >= 0.6 is 24.0 Å². The van der Waals surface area contributed by atoms with Crippen LogP contribution in [0.2, 0.25) is 0 Å². The molecule has 3 rings (SSSR count). The standard InChI is InChI=1S/C24H23N3O2S2/c1-16(28)18-11-13-20(14-12-18)25-23(29)17(2)31-22-10-6-9-21(15-22)27-24(30)26-19-7-4-3-5-8-19/h3-15,17H,1-2H3,(H,25,29)(H2,26,27,30). The van der Waals surface area contributed by atoms with Crippen molar-refractivity contribution in [2.24, 2.45) is 0 Å². The van der Waals surface area contributed by atoms with E-state index in [9.17, 15) is 9.59 Å². The smallest absolute Gasteiger partial charge is 0.237 e. The predicted octanol–water partition coefficient (Wildman–Crippen LogP) is 5.82. The number of carbonyl (C=O) groups is 2. The molecule has 158 valence electrons. The van der Waals surface area contributed by atoms with Gasteiger partial charge in [0, 0.05) is 27.5 Å². The van der Waals surface area contributed by atoms with Crippen LogP contribution in [0.3, 0.4) is 0 Å². The predicted molar refractivity (Wildman–Crippen MR) is 133 cm³/mol. The number of thioether (sulfide) groups is 1. The highest BCUT2D eigenvalue weighted by molar-refractivity contribution is 8.00. The van der Waals surface area contributed by atoms with Crippen LogP contribution < -0.4 is 16.0 Å². The largest absolute Gasteiger partial charge is 0.332 e. The third kappa shape index (κ3) is 6.94. The molecule has 3 aromatic carbocycles. The van der Waals surface area contributed by atoms with Crippen LogP contribution in [0, 0.1) is 0 Å². The highest BCUT2D eigenvalue weighted by atomic mass is 32.2. The average molecular weight is 450 g/mol. The third-order valence-corrected chi connectivity index (χ3v) is 5.66. The second-order valence-corrected chi connectivity index (χ2v) is 8.68. The zero-order chi connectivity index (χ0) is 22.2. The number of thiocarbonyl (C=S) groups is 1. The lowest BCUT2D eigenvalue weighted by Gasteiger charge is -2.14. The summed E-state index contributed by atoms with van der Waals surface area (Å²) < 4.78 is 0. The molecule has 0 heterocycles. The van der Waals surface area contributed by atoms with E-state index in [4.69, 9.17) is 12.2 Å². The summed E-state index contributed by atoms with van der Waals surface area (Å²) in [7, 11) is 0. The molecule has 0 fully saturated rings. The number of rotatable bonds is 7. The van der Waals surface area contributed by atoms with Crippen molar-refractivity contribution in [1.82, 2.24) is 0 Å². The van der Waals surface area contributed by atoms with E-state index in [0.717, 1.165) is 16.3 Å². The maximum absolute atomic E-state index is 12.6. The van der Waals surface area contributed by atoms with Gasteiger partial charge in [-0.1, -0.05) is 24.3 Å². The Kier molecular flexibility index (Phi) is 7.81. The molecule has 0 radical (unpaired) electrons. The highest BCUT2D eigenvalue weighted by Crippen LogP contribution is 2.27. The van der Waals surface area contributed by atoms with Crippen LogP contribution in [0.4, 0.5) is 17.1 Å². The molecule has 5 nitrogen and oxygen atoms in total. The second kappa shape index (κ2) is 10.7. The lowest BCUT2D eigenvalue weighted by Crippen LogP contribution is -2.22. The topological polar surface area (TPSA) is 70.2 Å². The van der Waals surface area contributed by atoms with Gasteiger partial charge in [-0.25, -0.2) is 0 Å². The molecule has 3 aromatic rings. The molecular weight excluding hydrogens is 426 g/mol. The number of Topliss-reactive ketones (excluding diaryl/α,β-unsaturated/α-hetero) is 1. The molecule has 0 aliphatic rings. The van der Waals surface area contributed by atoms with Crippen molar-refractivity contribution in [2.75, 3.05) is 16.0 Å². The molecule has 1 atom stereocenters. The normalized spacial score (nSPS) is 11.3. The van der Waals surface area contributed by atoms with Crippen LogP contribution in [0.25, 0.3) is 0 Å². The lowest BCUT2D eigenvalue weighted by atomic mass is 10.1. The Hall–Kier alpha value is -3.16. The van der Waals surface area contributed by atoms with E-state index < -0.39 is 0 Å². The molecular formula is C24H23N3O2S2. The van der Waals surface area contributed by atoms with Gasteiger partial charge in [0.15, 0.2) is 10.9 Å². The molecule has 3 N–H and O–H groups in total. The fourth-order valence-corrected chi connectivity index (χ4v) is 3.91. The van der Waals surface area contributed by atoms with Crippen molar-refractivity contribution < 1.29 is 9.59 Å². The number of benzene rings is 3. The first-order valence-electron chi connectivity index (χ1n) is 9.72. The zero-order valence-electron chi connectivity index (χ0n) is 17.2. The van der Waals surface area contributed by atoms with E-state index in [-0.39, 0.29) is 16.9 Å². The van der Waals surface area contributed by atoms with Crippen LogP contribution in [0.15, 0.2) is 83.8 Å². The molecule has 1 amide bonds. The van der Waals surface area contributed by atoms with Gasteiger partial charge in [0.1, 0.15) is 0 Å². The first-order valence-corrected chi connectivity index (χ1v) is 11.0. The summed E-state index contributed by atoms with van der Waals surface area (Å²) >= 11 is 6.83. The Labute approximate surface area is 191 Å². The Bertz CT molecular complexity index is 1070. The summed E-state index contributed by atoms with van der Waals surface area (Å²) in [6, 6.07) is 24.3. The summed E-state index contributed by atoms with van der Waals surface area (Å²) in [6.07, 6.45) is 0. The monoisotopic (exact) mass is 449 g/mol. The summed E-state index contributed by atoms with van der Waals surface area (Å²) in [4.78, 5) is 24.9. The van der Waals surface area contributed by atoms with Crippen LogP contribution in [-0.2, 0) is 4.79 Å². The van der Waals surface area contributed by atoms with Crippen LogP contribution in [-0.4, -0.2) is 22.1 Å². The molecule has 0 aliphatic heterocycles. The van der Waals surface area contributed by atoms with Crippen LogP contribution in [0.5, 0.6) is 0 Å². The van der Waals surface area contributed by atoms with Gasteiger partial charge in [0.05, 0.1) is 5.25 Å². The molecule has 0 aromatic heterocycles. The van der Waals surface area contributed by atoms with Gasteiger partial charge in [-0.3, -0.25) is 9.59 Å². The second-order valence-electron chi connectivity index (χ2n) is 6.86. The van der Waals surface area contributed by atoms with E-state index in [2.05, 4.69) is 16.0 Å². The number of amides is 1. The summed E-state index contributed by atoms with van der Waals surface area (Å²) in [5.41, 5.74) is 3.03. The number of anilines is 3. The fourth-order valence-electron chi connectivity index (χ4n) is 2.75. The van der Waals surface area contributed by atoms with Crippen molar-refractivity contribution in [1.29, 1.82) is 0 Å². The zero-order valence-corrected chi connectivity index (χ0v) is 18.8. The number of nitrogens with one attached hydrogen (secondary N) is 3. The van der Waals surface area contributed by atoms with Gasteiger partial charge >= 0.3 is 0 Å². The van der Waals surface area contributed by atoms with E-state index in [0.29, 0.717) is 16.4 Å². The molecule has 0 aliphatic carbocycles. The van der Waals surface area contributed by atoms with Gasteiger partial charge in [0.2, 0.25) is 5.91 Å². The van der Waals surface area contributed by atoms with Gasteiger partial charge < -0.3 is 16.0 Å². The number of hydrogen-bond acceptors (Lipinski definition) is 4. The Morgan fingerprint density at radius 1 is 0.806 bits per heavy atom. The molecule has 7 heteroatoms. The minimum atomic E-state index is -0.308. The van der Waals surface area contributed by atoms with Crippen molar-refractivity contribution in [3.8, 4) is 0 Å². The molecule has 0 bridgehead atoms. The molecule has 1 unspecified atom stereocenters. The Morgan fingerprint density at radius 3 is 2.10 bits per heavy atom. The molecule has 31 heavy (non-hydrogen) atoms. The number of hydrogen-bond donors (Lipinski definition) is 3. The third-order valence-electron chi connectivity index (χ3n) is 4.36. The average Bonchev–Trinajstić information content (AvgIpc) is 2.75. The summed E-state index contributed by atoms with van der Waals surface area (Å²) in [6.45, 7) is 3.37. The van der Waals surface area contributed by atoms with E-state index in [1.165, 1.54) is 18.7 Å². The van der Waals surface area contributed by atoms with Gasteiger partial charge in [0.25, 0.3) is 0 Å². The van der Waals surface area contributed by atoms with Crippen LogP contribution in [0.1, 0.15) is 24.2 Å². The Balaban J connectivity index is 1.56. The number of ketones is 1. The summed E-state index contributed by atoms with van der Waals surface area (Å²) in [5.74, 6) is -0.117. The number of carbonyl (C=O) groups excluding carboxylic acids is 2. The SMILES string of the molecule is CC(=O)c1ccc(NC(=O)C(C)Sc2cccc(NC(=S)Nc3ccccc3)c2)cc1. The first-order chi connectivity index (χ1) is 14.9. The van der Waals surface area contributed by atoms with E-state index in [1.807, 2.05) is 61.5 Å². The van der Waals surface area contributed by atoms with Crippen molar-refractivity contribution in [3.63, 3.8) is 0 Å². The maximum Gasteiger partial charge on any atom is 0.237 e. The lowest BCUT2D eigenvalue weighted by molar-refractivity contribution is -0.115. The van der Waals surface area contributed by atoms with Gasteiger partial charge in [-0.15, -0.1) is 11.8 Å². The van der Waals surface area contributed by atoms with Gasteiger partial charge in [-0.05, 0) is 80.7 Å². The highest BCUT2D eigenvalue weighted by Gasteiger charge is 2.15. The minimum Gasteiger partial charge on any atom is -0.332 e. The van der Waals surface area contributed by atoms with Crippen molar-refractivity contribution in [2.45, 2.75) is 24.0 Å². The van der Waals surface area contributed by atoms with Crippen molar-refractivity contribution in [3.05, 3.63) is 84.4 Å². The molecule has 0 spiro atoms. The molecule has 0 saturated carbocycles. The maximum atomic E-state index is 12.6. The van der Waals surface area contributed by atoms with E-state index in [1.54, 1.807) is 24.3 Å². The quantitative estimate of drug-likeness (QED) is 0.240. The minimum absolute atomic E-state index is 0.00579.